The predicted molar refractivity (Wildman–Crippen MR) is 95.9 cm³/mol. The van der Waals surface area contributed by atoms with Crippen molar-refractivity contribution in [2.75, 3.05) is 25.0 Å². The smallest absolute Gasteiger partial charge is 0.264 e. The van der Waals surface area contributed by atoms with Crippen LogP contribution >= 0.6 is 0 Å². The number of hydrogen-bond donors (Lipinski definition) is 2. The number of benzene rings is 1. The van der Waals surface area contributed by atoms with Crippen molar-refractivity contribution in [1.29, 1.82) is 0 Å². The third-order valence-corrected chi connectivity index (χ3v) is 5.55. The maximum absolute atomic E-state index is 12.7. The van der Waals surface area contributed by atoms with Gasteiger partial charge in [0.1, 0.15) is 0 Å². The van der Waals surface area contributed by atoms with Crippen LogP contribution in [0.2, 0.25) is 0 Å². The molecule has 1 unspecified atom stereocenters. The molecule has 0 radical (unpaired) electrons. The number of nitrogens with zero attached hydrogens (tertiary/aromatic N) is 3. The predicted octanol–water partition coefficient (Wildman–Crippen LogP) is 1.64. The van der Waals surface area contributed by atoms with Gasteiger partial charge in [0.25, 0.3) is 10.0 Å². The van der Waals surface area contributed by atoms with Crippen LogP contribution in [0.1, 0.15) is 25.8 Å². The minimum absolute atomic E-state index is 0.254. The van der Waals surface area contributed by atoms with Crippen LogP contribution in [0, 0.1) is 5.92 Å². The van der Waals surface area contributed by atoms with Gasteiger partial charge < -0.3 is 5.32 Å². The van der Waals surface area contributed by atoms with Gasteiger partial charge in [-0.1, -0.05) is 6.92 Å². The summed E-state index contributed by atoms with van der Waals surface area (Å²) in [7, 11) is -3.69. The van der Waals surface area contributed by atoms with E-state index < -0.39 is 10.0 Å². The molecule has 0 bridgehead atoms. The number of guanidine groups is 1. The Bertz CT molecular complexity index is 773. The van der Waals surface area contributed by atoms with Crippen LogP contribution in [-0.4, -0.2) is 45.2 Å². The van der Waals surface area contributed by atoms with E-state index in [9.17, 15) is 8.42 Å². The fraction of sp³-hybridized carbons (Fsp3) is 0.500. The summed E-state index contributed by atoms with van der Waals surface area (Å²) in [5.74, 6) is 0.603. The lowest BCUT2D eigenvalue weighted by molar-refractivity contribution is 0.429. The molecule has 0 amide bonds. The number of anilines is 1. The molecular formula is C16H23N5O2S. The first-order chi connectivity index (χ1) is 11.5. The van der Waals surface area contributed by atoms with Crippen molar-refractivity contribution in [2.24, 2.45) is 16.0 Å². The minimum atomic E-state index is -3.69. The molecule has 1 atom stereocenters. The van der Waals surface area contributed by atoms with E-state index in [0.717, 1.165) is 30.6 Å². The Labute approximate surface area is 142 Å². The summed E-state index contributed by atoms with van der Waals surface area (Å²) >= 11 is 0. The first-order valence-electron chi connectivity index (χ1n) is 8.29. The van der Waals surface area contributed by atoms with Crippen molar-refractivity contribution in [3.63, 3.8) is 0 Å². The average molecular weight is 349 g/mol. The maximum Gasteiger partial charge on any atom is 0.264 e. The largest absolute Gasteiger partial charge is 0.384 e. The summed E-state index contributed by atoms with van der Waals surface area (Å²) in [6, 6.07) is 5.16. The lowest BCUT2D eigenvalue weighted by Crippen LogP contribution is -2.41. The normalized spacial score (nSPS) is 20.2. The topological polar surface area (TPSA) is 86.2 Å². The molecule has 0 fully saturated rings. The van der Waals surface area contributed by atoms with Crippen LogP contribution < -0.4 is 10.0 Å². The highest BCUT2D eigenvalue weighted by Crippen LogP contribution is 2.25. The van der Waals surface area contributed by atoms with Gasteiger partial charge in [-0.05, 0) is 43.5 Å². The SMILES string of the molecule is CCN=C(NS(=O)(=O)c1ccc2c(c1)CCN2)N1CC(CC)C=N1. The summed E-state index contributed by atoms with van der Waals surface area (Å²) in [6.07, 6.45) is 3.65. The van der Waals surface area contributed by atoms with Gasteiger partial charge in [-0.3, -0.25) is 4.99 Å². The zero-order valence-corrected chi connectivity index (χ0v) is 14.8. The fourth-order valence-corrected chi connectivity index (χ4v) is 3.88. The molecule has 1 aromatic carbocycles. The third-order valence-electron chi connectivity index (χ3n) is 4.22. The van der Waals surface area contributed by atoms with Crippen molar-refractivity contribution in [2.45, 2.75) is 31.6 Å². The number of hydrazone groups is 1. The summed E-state index contributed by atoms with van der Waals surface area (Å²) in [4.78, 5) is 4.54. The van der Waals surface area contributed by atoms with E-state index in [2.05, 4.69) is 27.1 Å². The minimum Gasteiger partial charge on any atom is -0.384 e. The Hall–Kier alpha value is -2.09. The van der Waals surface area contributed by atoms with E-state index in [0.29, 0.717) is 19.0 Å². The first kappa shape index (κ1) is 16.8. The lowest BCUT2D eigenvalue weighted by atomic mass is 10.1. The number of aliphatic imine (C=N–C) groups is 1. The van der Waals surface area contributed by atoms with Gasteiger partial charge >= 0.3 is 0 Å². The second-order valence-electron chi connectivity index (χ2n) is 5.91. The number of hydrogen-bond acceptors (Lipinski definition) is 5. The van der Waals surface area contributed by atoms with E-state index in [1.807, 2.05) is 19.2 Å². The molecule has 24 heavy (non-hydrogen) atoms. The fourth-order valence-electron chi connectivity index (χ4n) is 2.81. The lowest BCUT2D eigenvalue weighted by Gasteiger charge is -2.19. The summed E-state index contributed by atoms with van der Waals surface area (Å²) < 4.78 is 28.1. The van der Waals surface area contributed by atoms with Crippen molar-refractivity contribution >= 4 is 27.9 Å². The Kier molecular flexibility index (Phi) is 4.75. The van der Waals surface area contributed by atoms with Gasteiger partial charge in [0.05, 0.1) is 11.4 Å². The van der Waals surface area contributed by atoms with Crippen molar-refractivity contribution in [3.8, 4) is 0 Å². The van der Waals surface area contributed by atoms with Crippen molar-refractivity contribution in [3.05, 3.63) is 23.8 Å². The molecule has 130 valence electrons. The van der Waals surface area contributed by atoms with Gasteiger partial charge in [-0.25, -0.2) is 18.1 Å². The molecule has 2 aliphatic heterocycles. The van der Waals surface area contributed by atoms with Crippen LogP contribution in [0.4, 0.5) is 5.69 Å². The second kappa shape index (κ2) is 6.80. The van der Waals surface area contributed by atoms with E-state index >= 15 is 0 Å². The van der Waals surface area contributed by atoms with Gasteiger partial charge in [-0.15, -0.1) is 0 Å². The van der Waals surface area contributed by atoms with E-state index in [-0.39, 0.29) is 10.9 Å². The summed E-state index contributed by atoms with van der Waals surface area (Å²) in [6.45, 7) is 5.92. The molecule has 3 rings (SSSR count). The standard InChI is InChI=1S/C16H23N5O2S/c1-3-12-10-19-21(11-12)16(17-4-2)20-24(22,23)14-5-6-15-13(9-14)7-8-18-15/h5-6,9-10,12,18H,3-4,7-8,11H2,1-2H3,(H,17,20). The monoisotopic (exact) mass is 349 g/mol. The Morgan fingerprint density at radius 1 is 1.46 bits per heavy atom. The second-order valence-corrected chi connectivity index (χ2v) is 7.60. The zero-order chi connectivity index (χ0) is 17.2. The van der Waals surface area contributed by atoms with Gasteiger partial charge in [-0.2, -0.15) is 5.10 Å². The summed E-state index contributed by atoms with van der Waals surface area (Å²) in [5.41, 5.74) is 2.03. The molecular weight excluding hydrogens is 326 g/mol. The van der Waals surface area contributed by atoms with Crippen LogP contribution in [0.3, 0.4) is 0 Å². The Morgan fingerprint density at radius 2 is 2.29 bits per heavy atom. The highest BCUT2D eigenvalue weighted by atomic mass is 32.2. The Morgan fingerprint density at radius 3 is 3.00 bits per heavy atom. The molecule has 0 saturated heterocycles. The maximum atomic E-state index is 12.7. The molecule has 7 nitrogen and oxygen atoms in total. The van der Waals surface area contributed by atoms with Crippen molar-refractivity contribution < 1.29 is 8.42 Å². The molecule has 8 heteroatoms. The zero-order valence-electron chi connectivity index (χ0n) is 14.0. The number of rotatable bonds is 4. The number of sulfonamides is 1. The molecule has 2 N–H and O–H groups in total. The van der Waals surface area contributed by atoms with E-state index in [4.69, 9.17) is 0 Å². The van der Waals surface area contributed by atoms with E-state index in [1.54, 1.807) is 17.1 Å². The molecule has 0 saturated carbocycles. The Balaban J connectivity index is 1.81. The van der Waals surface area contributed by atoms with Gasteiger partial charge in [0, 0.05) is 30.9 Å². The highest BCUT2D eigenvalue weighted by Gasteiger charge is 2.25. The number of nitrogens with one attached hydrogen (secondary N) is 2. The van der Waals surface area contributed by atoms with Crippen LogP contribution in [0.25, 0.3) is 0 Å². The number of fused-ring (bicyclic) bond motifs is 1. The van der Waals surface area contributed by atoms with Crippen LogP contribution in [-0.2, 0) is 16.4 Å². The van der Waals surface area contributed by atoms with E-state index in [1.165, 1.54) is 0 Å². The molecule has 0 spiro atoms. The highest BCUT2D eigenvalue weighted by molar-refractivity contribution is 7.90. The van der Waals surface area contributed by atoms with Crippen molar-refractivity contribution in [1.82, 2.24) is 9.73 Å². The molecule has 0 aromatic heterocycles. The first-order valence-corrected chi connectivity index (χ1v) is 9.77. The molecule has 2 heterocycles. The molecule has 1 aromatic rings. The third kappa shape index (κ3) is 3.38. The average Bonchev–Trinajstić information content (AvgIpc) is 3.22. The molecule has 0 aliphatic carbocycles. The van der Waals surface area contributed by atoms with Gasteiger partial charge in [0.15, 0.2) is 0 Å². The molecule has 2 aliphatic rings. The van der Waals surface area contributed by atoms with Gasteiger partial charge in [0.2, 0.25) is 5.96 Å². The van der Waals surface area contributed by atoms with Crippen LogP contribution in [0.15, 0.2) is 33.2 Å². The quantitative estimate of drug-likeness (QED) is 0.639. The van der Waals surface area contributed by atoms with Crippen LogP contribution in [0.5, 0.6) is 0 Å². The summed E-state index contributed by atoms with van der Waals surface area (Å²) in [5, 5.41) is 9.14.